The monoisotopic (exact) mass is 454 g/mol. The fourth-order valence-electron chi connectivity index (χ4n) is 2.74. The van der Waals surface area contributed by atoms with E-state index in [0.29, 0.717) is 39.7 Å². The Labute approximate surface area is 173 Å². The van der Waals surface area contributed by atoms with Gasteiger partial charge >= 0.3 is 0 Å². The van der Waals surface area contributed by atoms with E-state index in [9.17, 15) is 4.79 Å². The molecule has 0 radical (unpaired) electrons. The highest BCUT2D eigenvalue weighted by molar-refractivity contribution is 9.10. The van der Waals surface area contributed by atoms with Crippen LogP contribution in [-0.4, -0.2) is 45.2 Å². The molecule has 2 rings (SSSR count). The number of amides is 1. The minimum absolute atomic E-state index is 0.0457. The van der Waals surface area contributed by atoms with Crippen LogP contribution < -0.4 is 14.8 Å². The van der Waals surface area contributed by atoms with Gasteiger partial charge in [-0.05, 0) is 60.7 Å². The number of nitrogens with zero attached hydrogens (tertiary/aromatic N) is 1. The van der Waals surface area contributed by atoms with Crippen molar-refractivity contribution in [2.24, 2.45) is 0 Å². The number of carbonyl (C=O) groups is 1. The van der Waals surface area contributed by atoms with E-state index in [-0.39, 0.29) is 11.9 Å². The number of hydrogen-bond donors (Lipinski definition) is 1. The van der Waals surface area contributed by atoms with Crippen LogP contribution in [0.2, 0.25) is 5.02 Å². The van der Waals surface area contributed by atoms with Crippen LogP contribution >= 0.6 is 27.5 Å². The molecule has 27 heavy (non-hydrogen) atoms. The quantitative estimate of drug-likeness (QED) is 0.635. The van der Waals surface area contributed by atoms with E-state index < -0.39 is 0 Å². The van der Waals surface area contributed by atoms with Crippen LogP contribution in [0.4, 0.5) is 0 Å². The minimum atomic E-state index is -0.198. The average molecular weight is 456 g/mol. The number of nitrogens with one attached hydrogen (secondary N) is 1. The maximum Gasteiger partial charge on any atom is 0.251 e. The lowest BCUT2D eigenvalue weighted by molar-refractivity contribution is 0.0941. The Balaban J connectivity index is 2.19. The van der Waals surface area contributed by atoms with Crippen LogP contribution in [0, 0.1) is 0 Å². The van der Waals surface area contributed by atoms with Crippen molar-refractivity contribution in [2.75, 3.05) is 34.4 Å². The minimum Gasteiger partial charge on any atom is -0.493 e. The van der Waals surface area contributed by atoms with E-state index in [1.165, 1.54) is 0 Å². The number of likely N-dealkylation sites (N-methyl/N-ethyl adjacent to an activating group) is 1. The molecule has 1 N–H and O–H groups in total. The molecule has 0 saturated heterocycles. The molecule has 0 aliphatic carbocycles. The number of methoxy groups -OCH3 is 1. The van der Waals surface area contributed by atoms with E-state index in [2.05, 4.69) is 21.2 Å². The van der Waals surface area contributed by atoms with Gasteiger partial charge in [0, 0.05) is 17.1 Å². The van der Waals surface area contributed by atoms with E-state index in [1.807, 2.05) is 50.2 Å². The molecule has 146 valence electrons. The van der Waals surface area contributed by atoms with E-state index in [1.54, 1.807) is 19.2 Å². The highest BCUT2D eigenvalue weighted by Gasteiger charge is 2.20. The number of rotatable bonds is 8. The molecule has 1 amide bonds. The Morgan fingerprint density at radius 3 is 2.59 bits per heavy atom. The molecule has 2 aromatic carbocycles. The Morgan fingerprint density at radius 1 is 1.30 bits per heavy atom. The second-order valence-electron chi connectivity index (χ2n) is 6.13. The summed E-state index contributed by atoms with van der Waals surface area (Å²) in [5.41, 5.74) is 1.45. The maximum atomic E-state index is 12.7. The number of ether oxygens (including phenoxy) is 2. The molecule has 0 spiro atoms. The maximum absolute atomic E-state index is 12.7. The zero-order valence-electron chi connectivity index (χ0n) is 15.9. The van der Waals surface area contributed by atoms with Gasteiger partial charge in [-0.2, -0.15) is 0 Å². The van der Waals surface area contributed by atoms with Crippen molar-refractivity contribution < 1.29 is 14.3 Å². The summed E-state index contributed by atoms with van der Waals surface area (Å²) in [5, 5.41) is 3.66. The van der Waals surface area contributed by atoms with Crippen LogP contribution in [-0.2, 0) is 0 Å². The van der Waals surface area contributed by atoms with Crippen LogP contribution in [0.25, 0.3) is 0 Å². The highest BCUT2D eigenvalue weighted by atomic mass is 79.9. The fourth-order valence-corrected chi connectivity index (χ4v) is 3.56. The molecule has 5 nitrogen and oxygen atoms in total. The predicted molar refractivity (Wildman–Crippen MR) is 112 cm³/mol. The molecule has 0 aromatic heterocycles. The third-order valence-corrected chi connectivity index (χ3v) is 5.06. The molecular formula is C20H24BrClN2O3. The van der Waals surface area contributed by atoms with Gasteiger partial charge in [-0.3, -0.25) is 4.79 Å². The van der Waals surface area contributed by atoms with Gasteiger partial charge in [-0.1, -0.05) is 29.8 Å². The molecular weight excluding hydrogens is 432 g/mol. The van der Waals surface area contributed by atoms with Crippen molar-refractivity contribution in [3.63, 3.8) is 0 Å². The molecule has 0 bridgehead atoms. The Bertz CT molecular complexity index is 799. The summed E-state index contributed by atoms with van der Waals surface area (Å²) in [7, 11) is 5.46. The second-order valence-corrected chi connectivity index (χ2v) is 7.39. The molecule has 0 aliphatic rings. The van der Waals surface area contributed by atoms with Crippen molar-refractivity contribution in [3.05, 3.63) is 57.0 Å². The normalized spacial score (nSPS) is 12.0. The van der Waals surface area contributed by atoms with E-state index in [4.69, 9.17) is 21.1 Å². The zero-order valence-corrected chi connectivity index (χ0v) is 18.2. The first-order chi connectivity index (χ1) is 12.9. The summed E-state index contributed by atoms with van der Waals surface area (Å²) in [5.74, 6) is 0.890. The molecule has 0 saturated carbocycles. The topological polar surface area (TPSA) is 50.8 Å². The first kappa shape index (κ1) is 21.5. The van der Waals surface area contributed by atoms with Crippen molar-refractivity contribution in [3.8, 4) is 11.5 Å². The fraction of sp³-hybridized carbons (Fsp3) is 0.350. The molecule has 1 unspecified atom stereocenters. The number of benzene rings is 2. The molecule has 0 aliphatic heterocycles. The average Bonchev–Trinajstić information content (AvgIpc) is 2.64. The smallest absolute Gasteiger partial charge is 0.251 e. The number of carbonyl (C=O) groups excluding carboxylic acids is 1. The van der Waals surface area contributed by atoms with Gasteiger partial charge in [0.1, 0.15) is 0 Å². The van der Waals surface area contributed by atoms with Gasteiger partial charge in [0.25, 0.3) is 5.91 Å². The molecule has 7 heteroatoms. The molecule has 0 heterocycles. The molecule has 0 fully saturated rings. The van der Waals surface area contributed by atoms with Gasteiger partial charge in [0.05, 0.1) is 24.2 Å². The SMILES string of the molecule is CCOc1c(Br)cc(C(=O)NCC(c2ccccc2Cl)N(C)C)cc1OC. The number of hydrogen-bond acceptors (Lipinski definition) is 4. The molecule has 1 atom stereocenters. The Morgan fingerprint density at radius 2 is 2.00 bits per heavy atom. The first-order valence-electron chi connectivity index (χ1n) is 8.58. The summed E-state index contributed by atoms with van der Waals surface area (Å²) in [6.07, 6.45) is 0. The summed E-state index contributed by atoms with van der Waals surface area (Å²) in [6.45, 7) is 2.81. The highest BCUT2D eigenvalue weighted by Crippen LogP contribution is 2.36. The number of halogens is 2. The van der Waals surface area contributed by atoms with Gasteiger partial charge in [0.15, 0.2) is 11.5 Å². The third-order valence-electron chi connectivity index (χ3n) is 4.12. The van der Waals surface area contributed by atoms with E-state index in [0.717, 1.165) is 5.56 Å². The summed E-state index contributed by atoms with van der Waals surface area (Å²) in [4.78, 5) is 14.7. The lowest BCUT2D eigenvalue weighted by atomic mass is 10.1. The zero-order chi connectivity index (χ0) is 20.0. The first-order valence-corrected chi connectivity index (χ1v) is 9.75. The van der Waals surface area contributed by atoms with Gasteiger partial charge in [0.2, 0.25) is 0 Å². The van der Waals surface area contributed by atoms with Gasteiger partial charge in [-0.15, -0.1) is 0 Å². The molecule has 2 aromatic rings. The summed E-state index contributed by atoms with van der Waals surface area (Å²) in [6, 6.07) is 11.0. The Hall–Kier alpha value is -1.76. The van der Waals surface area contributed by atoms with Crippen LogP contribution in [0.1, 0.15) is 28.9 Å². The van der Waals surface area contributed by atoms with Crippen molar-refractivity contribution >= 4 is 33.4 Å². The van der Waals surface area contributed by atoms with Crippen LogP contribution in [0.15, 0.2) is 40.9 Å². The summed E-state index contributed by atoms with van der Waals surface area (Å²) >= 11 is 9.77. The van der Waals surface area contributed by atoms with Crippen molar-refractivity contribution in [1.82, 2.24) is 10.2 Å². The lowest BCUT2D eigenvalue weighted by Crippen LogP contribution is -2.34. The predicted octanol–water partition coefficient (Wildman–Crippen LogP) is 4.54. The van der Waals surface area contributed by atoms with Gasteiger partial charge < -0.3 is 19.7 Å². The second kappa shape index (κ2) is 9.97. The lowest BCUT2D eigenvalue weighted by Gasteiger charge is -2.26. The van der Waals surface area contributed by atoms with Crippen molar-refractivity contribution in [2.45, 2.75) is 13.0 Å². The largest absolute Gasteiger partial charge is 0.493 e. The third kappa shape index (κ3) is 5.37. The standard InChI is InChI=1S/C20H24BrClN2O3/c1-5-27-19-15(21)10-13(11-18(19)26-4)20(25)23-12-17(24(2)3)14-8-6-7-9-16(14)22/h6-11,17H,5,12H2,1-4H3,(H,23,25). The summed E-state index contributed by atoms with van der Waals surface area (Å²) < 4.78 is 11.6. The Kier molecular flexibility index (Phi) is 7.95. The van der Waals surface area contributed by atoms with Crippen molar-refractivity contribution in [1.29, 1.82) is 0 Å². The van der Waals surface area contributed by atoms with Crippen LogP contribution in [0.5, 0.6) is 11.5 Å². The van der Waals surface area contributed by atoms with Gasteiger partial charge in [-0.25, -0.2) is 0 Å². The van der Waals surface area contributed by atoms with Crippen LogP contribution in [0.3, 0.4) is 0 Å². The van der Waals surface area contributed by atoms with E-state index >= 15 is 0 Å².